The quantitative estimate of drug-likeness (QED) is 0.442. The second-order valence-corrected chi connectivity index (χ2v) is 10.2. The number of hydrogen-bond donors (Lipinski definition) is 3. The van der Waals surface area contributed by atoms with Gasteiger partial charge >= 0.3 is 6.09 Å². The smallest absolute Gasteiger partial charge is 0.408 e. The fraction of sp³-hybridized carbons (Fsp3) is 0.286. The number of anilines is 2. The van der Waals surface area contributed by atoms with Crippen LogP contribution in [0.4, 0.5) is 21.0 Å². The van der Waals surface area contributed by atoms with Gasteiger partial charge in [0.25, 0.3) is 5.91 Å². The number of phenolic OH excluding ortho intramolecular Hbond substituents is 1. The number of ether oxygens (including phenoxy) is 1. The number of nitrogens with two attached hydrogens (primary N) is 1. The van der Waals surface area contributed by atoms with E-state index in [0.717, 1.165) is 5.56 Å². The number of halogens is 1. The van der Waals surface area contributed by atoms with Crippen molar-refractivity contribution in [2.45, 2.75) is 39.3 Å². The third-order valence-corrected chi connectivity index (χ3v) is 5.81. The maximum absolute atomic E-state index is 13.7. The van der Waals surface area contributed by atoms with Crippen molar-refractivity contribution in [1.82, 2.24) is 20.2 Å². The van der Waals surface area contributed by atoms with Crippen LogP contribution in [0, 0.1) is 12.7 Å². The highest BCUT2D eigenvalue weighted by atomic mass is 19.1. The summed E-state index contributed by atoms with van der Waals surface area (Å²) in [5, 5.41) is 13.0. The number of benzene rings is 2. The van der Waals surface area contributed by atoms with Crippen LogP contribution in [0.3, 0.4) is 0 Å². The predicted octanol–water partition coefficient (Wildman–Crippen LogP) is 4.26. The summed E-state index contributed by atoms with van der Waals surface area (Å²) in [6.45, 7) is 7.38. The number of nitrogens with one attached hydrogen (secondary N) is 1. The van der Waals surface area contributed by atoms with E-state index in [1.54, 1.807) is 62.2 Å². The summed E-state index contributed by atoms with van der Waals surface area (Å²) in [7, 11) is 0. The summed E-state index contributed by atoms with van der Waals surface area (Å²) >= 11 is 0. The Bertz CT molecular complexity index is 1400. The molecule has 1 aliphatic heterocycles. The molecule has 0 bridgehead atoms. The molecule has 3 aromatic rings. The van der Waals surface area contributed by atoms with E-state index in [0.29, 0.717) is 22.6 Å². The Kier molecular flexibility index (Phi) is 7.70. The predicted molar refractivity (Wildman–Crippen MR) is 145 cm³/mol. The Labute approximate surface area is 225 Å². The highest BCUT2D eigenvalue weighted by Crippen LogP contribution is 2.31. The van der Waals surface area contributed by atoms with E-state index in [4.69, 9.17) is 10.5 Å². The summed E-state index contributed by atoms with van der Waals surface area (Å²) in [6.07, 6.45) is 2.75. The first-order chi connectivity index (χ1) is 18.4. The van der Waals surface area contributed by atoms with Crippen LogP contribution in [0.2, 0.25) is 0 Å². The van der Waals surface area contributed by atoms with Gasteiger partial charge < -0.3 is 30.7 Å². The van der Waals surface area contributed by atoms with Crippen molar-refractivity contribution in [3.63, 3.8) is 0 Å². The first-order valence-electron chi connectivity index (χ1n) is 12.3. The van der Waals surface area contributed by atoms with Gasteiger partial charge in [-0.2, -0.15) is 4.98 Å². The number of amides is 2. The molecule has 4 N–H and O–H groups in total. The summed E-state index contributed by atoms with van der Waals surface area (Å²) < 4.78 is 19.0. The van der Waals surface area contributed by atoms with Gasteiger partial charge in [-0.15, -0.1) is 0 Å². The average molecular weight is 535 g/mol. The van der Waals surface area contributed by atoms with Gasteiger partial charge in [-0.25, -0.2) is 14.2 Å². The van der Waals surface area contributed by atoms with Crippen LogP contribution >= 0.6 is 0 Å². The molecule has 4 rings (SSSR count). The minimum atomic E-state index is -1.12. The van der Waals surface area contributed by atoms with Crippen molar-refractivity contribution in [2.24, 2.45) is 0 Å². The van der Waals surface area contributed by atoms with E-state index in [2.05, 4.69) is 15.3 Å². The number of aromatic nitrogens is 2. The Morgan fingerprint density at radius 3 is 2.54 bits per heavy atom. The van der Waals surface area contributed by atoms with Crippen molar-refractivity contribution < 1.29 is 23.8 Å². The SMILES string of the molecule is Cc1ccc(O)c(-c2cc(N3C=CCN(C(=O)[C@H](NC(=O)OC(C)(C)C)c4ccc(F)cc4)C3)nc(N)n2)c1. The Balaban J connectivity index is 1.60. The first-order valence-corrected chi connectivity index (χ1v) is 12.3. The number of phenols is 1. The van der Waals surface area contributed by atoms with Crippen LogP contribution in [0.15, 0.2) is 60.8 Å². The largest absolute Gasteiger partial charge is 0.507 e. The van der Waals surface area contributed by atoms with Gasteiger partial charge in [0, 0.05) is 24.4 Å². The maximum Gasteiger partial charge on any atom is 0.408 e. The molecule has 10 nitrogen and oxygen atoms in total. The van der Waals surface area contributed by atoms with Crippen molar-refractivity contribution in [2.75, 3.05) is 23.8 Å². The first kappa shape index (κ1) is 27.4. The zero-order valence-electron chi connectivity index (χ0n) is 22.2. The molecule has 204 valence electrons. The lowest BCUT2D eigenvalue weighted by Gasteiger charge is -2.34. The monoisotopic (exact) mass is 534 g/mol. The van der Waals surface area contributed by atoms with Crippen molar-refractivity contribution >= 4 is 23.8 Å². The van der Waals surface area contributed by atoms with Gasteiger partial charge in [0.15, 0.2) is 0 Å². The van der Waals surface area contributed by atoms with E-state index in [1.165, 1.54) is 29.2 Å². The lowest BCUT2D eigenvalue weighted by Crippen LogP contribution is -2.49. The molecule has 2 amide bonds. The van der Waals surface area contributed by atoms with Gasteiger partial charge in [0.2, 0.25) is 5.95 Å². The molecule has 0 spiro atoms. The molecule has 11 heteroatoms. The van der Waals surface area contributed by atoms with Crippen LogP contribution in [0.1, 0.15) is 37.9 Å². The van der Waals surface area contributed by atoms with E-state index < -0.39 is 29.5 Å². The van der Waals surface area contributed by atoms with Crippen LogP contribution in [0.25, 0.3) is 11.3 Å². The molecule has 39 heavy (non-hydrogen) atoms. The minimum Gasteiger partial charge on any atom is -0.507 e. The summed E-state index contributed by atoms with van der Waals surface area (Å²) in [5.74, 6) is -0.445. The lowest BCUT2D eigenvalue weighted by atomic mass is 10.1. The average Bonchev–Trinajstić information content (AvgIpc) is 2.87. The van der Waals surface area contributed by atoms with Crippen LogP contribution in [0.5, 0.6) is 5.75 Å². The summed E-state index contributed by atoms with van der Waals surface area (Å²) in [4.78, 5) is 38.1. The molecule has 0 unspecified atom stereocenters. The molecular weight excluding hydrogens is 503 g/mol. The topological polar surface area (TPSA) is 134 Å². The van der Waals surface area contributed by atoms with Gasteiger partial charge in [0.1, 0.15) is 29.0 Å². The third-order valence-electron chi connectivity index (χ3n) is 5.81. The van der Waals surface area contributed by atoms with Crippen molar-refractivity contribution in [3.8, 4) is 17.0 Å². The van der Waals surface area contributed by atoms with Crippen LogP contribution in [-0.2, 0) is 9.53 Å². The number of nitrogen functional groups attached to an aromatic ring is 1. The second kappa shape index (κ2) is 11.0. The van der Waals surface area contributed by atoms with E-state index in [-0.39, 0.29) is 24.9 Å². The molecular formula is C28H31FN6O4. The molecule has 2 aromatic carbocycles. The number of aryl methyl sites for hydroxylation is 1. The third kappa shape index (κ3) is 6.81. The number of aromatic hydroxyl groups is 1. The zero-order valence-corrected chi connectivity index (χ0v) is 22.2. The van der Waals surface area contributed by atoms with Crippen molar-refractivity contribution in [1.29, 1.82) is 0 Å². The van der Waals surface area contributed by atoms with E-state index >= 15 is 0 Å². The van der Waals surface area contributed by atoms with Gasteiger partial charge in [0.05, 0.1) is 12.4 Å². The van der Waals surface area contributed by atoms with Gasteiger partial charge in [-0.1, -0.05) is 23.8 Å². The number of hydrogen-bond acceptors (Lipinski definition) is 8. The standard InChI is InChI=1S/C28H31FN6O4/c1-17-6-11-22(36)20(14-17)21-15-23(32-26(30)31-21)34-12-5-13-35(16-34)25(37)24(18-7-9-19(29)10-8-18)33-27(38)39-28(2,3)4/h5-12,14-15,24,36H,13,16H2,1-4H3,(H,33,38)(H2,30,31,32)/t24-/m1/s1. The fourth-order valence-corrected chi connectivity index (χ4v) is 4.04. The summed E-state index contributed by atoms with van der Waals surface area (Å²) in [5.41, 5.74) is 7.48. The second-order valence-electron chi connectivity index (χ2n) is 10.2. The molecule has 0 fully saturated rings. The number of alkyl carbamates (subject to hydrolysis) is 1. The number of nitrogens with zero attached hydrogens (tertiary/aromatic N) is 4. The Hall–Kier alpha value is -4.67. The molecule has 0 aliphatic carbocycles. The molecule has 0 saturated heterocycles. The van der Waals surface area contributed by atoms with Crippen LogP contribution < -0.4 is 16.0 Å². The molecule has 1 aliphatic rings. The summed E-state index contributed by atoms with van der Waals surface area (Å²) in [6, 6.07) is 11.0. The number of carbonyl (C=O) groups excluding carboxylic acids is 2. The highest BCUT2D eigenvalue weighted by Gasteiger charge is 2.31. The minimum absolute atomic E-state index is 0.00367. The Morgan fingerprint density at radius 2 is 1.85 bits per heavy atom. The highest BCUT2D eigenvalue weighted by molar-refractivity contribution is 5.87. The van der Waals surface area contributed by atoms with E-state index in [1.807, 2.05) is 6.92 Å². The zero-order chi connectivity index (χ0) is 28.3. The number of rotatable bonds is 5. The van der Waals surface area contributed by atoms with Crippen LogP contribution in [-0.4, -0.2) is 50.8 Å². The Morgan fingerprint density at radius 1 is 1.13 bits per heavy atom. The lowest BCUT2D eigenvalue weighted by molar-refractivity contribution is -0.133. The van der Waals surface area contributed by atoms with E-state index in [9.17, 15) is 19.1 Å². The van der Waals surface area contributed by atoms with Gasteiger partial charge in [-0.05, 0) is 63.6 Å². The molecule has 0 radical (unpaired) electrons. The normalized spacial score (nSPS) is 14.2. The molecule has 1 atom stereocenters. The maximum atomic E-state index is 13.7. The molecule has 2 heterocycles. The van der Waals surface area contributed by atoms with Crippen molar-refractivity contribution in [3.05, 3.63) is 77.8 Å². The molecule has 1 aromatic heterocycles. The number of carbonyl (C=O) groups is 2. The fourth-order valence-electron chi connectivity index (χ4n) is 4.04. The van der Waals surface area contributed by atoms with Gasteiger partial charge in [-0.3, -0.25) is 4.79 Å². The molecule has 0 saturated carbocycles.